The zero-order valence-corrected chi connectivity index (χ0v) is 13.1. The number of hydrogen-bond acceptors (Lipinski definition) is 4. The van der Waals surface area contributed by atoms with E-state index in [1.807, 2.05) is 44.2 Å². The molecular formula is C16H21ClN2O2. The highest BCUT2D eigenvalue weighted by Gasteiger charge is 2.40. The lowest BCUT2D eigenvalue weighted by molar-refractivity contribution is 0.0520. The summed E-state index contributed by atoms with van der Waals surface area (Å²) in [5.41, 5.74) is 8.29. The molecule has 2 aromatic rings. The normalized spacial score (nSPS) is 21.5. The molecule has 2 atom stereocenters. The van der Waals surface area contributed by atoms with Crippen molar-refractivity contribution in [2.45, 2.75) is 38.3 Å². The molecule has 0 radical (unpaired) electrons. The van der Waals surface area contributed by atoms with Gasteiger partial charge in [0.05, 0.1) is 11.7 Å². The fourth-order valence-electron chi connectivity index (χ4n) is 3.05. The molecular weight excluding hydrogens is 288 g/mol. The Morgan fingerprint density at radius 3 is 2.57 bits per heavy atom. The molecule has 0 spiro atoms. The van der Waals surface area contributed by atoms with Crippen LogP contribution in [0.1, 0.15) is 37.7 Å². The highest BCUT2D eigenvalue weighted by atomic mass is 35.5. The number of benzene rings is 1. The summed E-state index contributed by atoms with van der Waals surface area (Å²) in [4.78, 5) is 0. The number of aryl methyl sites for hydroxylation is 1. The molecule has 2 unspecified atom stereocenters. The van der Waals surface area contributed by atoms with Crippen molar-refractivity contribution in [3.8, 4) is 11.3 Å². The lowest BCUT2D eigenvalue weighted by Crippen LogP contribution is -2.45. The van der Waals surface area contributed by atoms with Gasteiger partial charge in [0.1, 0.15) is 11.5 Å². The van der Waals surface area contributed by atoms with Crippen LogP contribution in [0.15, 0.2) is 34.9 Å². The highest BCUT2D eigenvalue weighted by molar-refractivity contribution is 5.85. The third kappa shape index (κ3) is 2.84. The minimum Gasteiger partial charge on any atom is -0.388 e. The Bertz CT molecular complexity index is 604. The van der Waals surface area contributed by atoms with Gasteiger partial charge in [0, 0.05) is 23.4 Å². The third-order valence-electron chi connectivity index (χ3n) is 4.16. The molecule has 3 N–H and O–H groups in total. The monoisotopic (exact) mass is 308 g/mol. The number of rotatable bonds is 2. The Hall–Kier alpha value is -1.36. The molecule has 0 saturated heterocycles. The minimum atomic E-state index is -0.625. The second kappa shape index (κ2) is 5.79. The van der Waals surface area contributed by atoms with Crippen LogP contribution >= 0.6 is 12.4 Å². The molecule has 3 rings (SSSR count). The van der Waals surface area contributed by atoms with Crippen LogP contribution in [0.2, 0.25) is 0 Å². The van der Waals surface area contributed by atoms with Crippen molar-refractivity contribution in [1.82, 2.24) is 5.16 Å². The van der Waals surface area contributed by atoms with Crippen LogP contribution in [0.4, 0.5) is 0 Å². The molecule has 1 aliphatic carbocycles. The molecule has 21 heavy (non-hydrogen) atoms. The van der Waals surface area contributed by atoms with Crippen molar-refractivity contribution in [3.63, 3.8) is 0 Å². The zero-order chi connectivity index (χ0) is 14.3. The molecule has 114 valence electrons. The topological polar surface area (TPSA) is 72.3 Å². The predicted molar refractivity (Wildman–Crippen MR) is 84.2 cm³/mol. The van der Waals surface area contributed by atoms with Gasteiger partial charge in [-0.15, -0.1) is 12.4 Å². The summed E-state index contributed by atoms with van der Waals surface area (Å²) >= 11 is 0. The molecule has 0 saturated carbocycles. The van der Waals surface area contributed by atoms with Crippen LogP contribution in [0.5, 0.6) is 0 Å². The predicted octanol–water partition coefficient (Wildman–Crippen LogP) is 3.10. The molecule has 5 heteroatoms. The van der Waals surface area contributed by atoms with Crippen LogP contribution < -0.4 is 5.73 Å². The molecule has 0 aliphatic heterocycles. The quantitative estimate of drug-likeness (QED) is 0.894. The van der Waals surface area contributed by atoms with Crippen molar-refractivity contribution in [3.05, 3.63) is 41.7 Å². The molecule has 0 amide bonds. The lowest BCUT2D eigenvalue weighted by atomic mass is 9.74. The number of nitrogens with zero attached hydrogens (tertiary/aromatic N) is 1. The van der Waals surface area contributed by atoms with Crippen LogP contribution in [-0.4, -0.2) is 15.8 Å². The summed E-state index contributed by atoms with van der Waals surface area (Å²) in [6, 6.07) is 9.81. The summed E-state index contributed by atoms with van der Waals surface area (Å²) < 4.78 is 5.42. The van der Waals surface area contributed by atoms with E-state index in [9.17, 15) is 5.11 Å². The van der Waals surface area contributed by atoms with Gasteiger partial charge in [-0.25, -0.2) is 0 Å². The molecule has 0 fully saturated rings. The highest BCUT2D eigenvalue weighted by Crippen LogP contribution is 2.43. The Labute approximate surface area is 130 Å². The lowest BCUT2D eigenvalue weighted by Gasteiger charge is -2.37. The first-order valence-corrected chi connectivity index (χ1v) is 6.99. The number of aliphatic hydroxyl groups excluding tert-OH is 1. The first kappa shape index (κ1) is 16.0. The van der Waals surface area contributed by atoms with Gasteiger partial charge in [-0.05, 0) is 20.3 Å². The summed E-state index contributed by atoms with van der Waals surface area (Å²) in [7, 11) is 0. The van der Waals surface area contributed by atoms with Crippen molar-refractivity contribution in [2.24, 2.45) is 11.7 Å². The van der Waals surface area contributed by atoms with E-state index in [2.05, 4.69) is 5.16 Å². The third-order valence-corrected chi connectivity index (χ3v) is 4.16. The van der Waals surface area contributed by atoms with E-state index in [-0.39, 0.29) is 18.3 Å². The van der Waals surface area contributed by atoms with Gasteiger partial charge in [0.25, 0.3) is 0 Å². The number of halogens is 1. The van der Waals surface area contributed by atoms with E-state index >= 15 is 0 Å². The van der Waals surface area contributed by atoms with Gasteiger partial charge < -0.3 is 15.4 Å². The molecule has 1 heterocycles. The number of aliphatic hydroxyl groups is 1. The first-order valence-electron chi connectivity index (χ1n) is 6.99. The molecule has 0 bridgehead atoms. The van der Waals surface area contributed by atoms with Gasteiger partial charge in [-0.3, -0.25) is 0 Å². The van der Waals surface area contributed by atoms with Crippen molar-refractivity contribution in [1.29, 1.82) is 0 Å². The Balaban J connectivity index is 0.00000161. The van der Waals surface area contributed by atoms with Crippen LogP contribution in [0.25, 0.3) is 11.3 Å². The van der Waals surface area contributed by atoms with Gasteiger partial charge in [0.2, 0.25) is 0 Å². The largest absolute Gasteiger partial charge is 0.388 e. The fourth-order valence-corrected chi connectivity index (χ4v) is 3.05. The molecule has 1 aliphatic rings. The summed E-state index contributed by atoms with van der Waals surface area (Å²) in [6.45, 7) is 3.92. The summed E-state index contributed by atoms with van der Waals surface area (Å²) in [5.74, 6) is 0.800. The number of fused-ring (bicyclic) bond motifs is 1. The maximum atomic E-state index is 10.7. The van der Waals surface area contributed by atoms with E-state index in [1.165, 1.54) is 0 Å². The van der Waals surface area contributed by atoms with Gasteiger partial charge >= 0.3 is 0 Å². The van der Waals surface area contributed by atoms with E-state index in [1.54, 1.807) is 0 Å². The number of aromatic nitrogens is 1. The standard InChI is InChI=1S/C16H20N2O2.ClH/c1-16(2,17)11-8-9-12-13(15(11)19)14(18-20-12)10-6-4-3-5-7-10;/h3-7,11,15,19H,8-9,17H2,1-2H3;1H. The Morgan fingerprint density at radius 2 is 1.95 bits per heavy atom. The molecule has 4 nitrogen and oxygen atoms in total. The zero-order valence-electron chi connectivity index (χ0n) is 12.2. The van der Waals surface area contributed by atoms with E-state index in [4.69, 9.17) is 10.3 Å². The maximum Gasteiger partial charge on any atom is 0.143 e. The second-order valence-electron chi connectivity index (χ2n) is 6.15. The average molecular weight is 309 g/mol. The van der Waals surface area contributed by atoms with Crippen LogP contribution in [0.3, 0.4) is 0 Å². The van der Waals surface area contributed by atoms with Crippen LogP contribution in [-0.2, 0) is 6.42 Å². The SMILES string of the molecule is CC(C)(N)C1CCc2onc(-c3ccccc3)c2C1O.Cl. The van der Waals surface area contributed by atoms with E-state index < -0.39 is 11.6 Å². The molecule has 1 aromatic heterocycles. The van der Waals surface area contributed by atoms with Gasteiger partial charge in [0.15, 0.2) is 0 Å². The van der Waals surface area contributed by atoms with Gasteiger partial charge in [-0.2, -0.15) is 0 Å². The summed E-state index contributed by atoms with van der Waals surface area (Å²) in [5, 5.41) is 14.9. The van der Waals surface area contributed by atoms with E-state index in [0.717, 1.165) is 35.4 Å². The smallest absolute Gasteiger partial charge is 0.143 e. The number of nitrogens with two attached hydrogens (primary N) is 1. The van der Waals surface area contributed by atoms with Crippen LogP contribution in [0, 0.1) is 5.92 Å². The second-order valence-corrected chi connectivity index (χ2v) is 6.15. The maximum absolute atomic E-state index is 10.7. The fraction of sp³-hybridized carbons (Fsp3) is 0.438. The summed E-state index contributed by atoms with van der Waals surface area (Å²) in [6.07, 6.45) is 0.971. The molecule has 1 aromatic carbocycles. The first-order chi connectivity index (χ1) is 9.48. The van der Waals surface area contributed by atoms with Crippen molar-refractivity contribution in [2.75, 3.05) is 0 Å². The Kier molecular flexibility index (Phi) is 4.42. The van der Waals surface area contributed by atoms with Crippen molar-refractivity contribution >= 4 is 12.4 Å². The number of hydrogen-bond donors (Lipinski definition) is 2. The Morgan fingerprint density at radius 1 is 1.29 bits per heavy atom. The van der Waals surface area contributed by atoms with Crippen molar-refractivity contribution < 1.29 is 9.63 Å². The van der Waals surface area contributed by atoms with E-state index in [0.29, 0.717) is 0 Å². The van der Waals surface area contributed by atoms with Gasteiger partial charge in [-0.1, -0.05) is 35.5 Å². The minimum absolute atomic E-state index is 0. The average Bonchev–Trinajstić information content (AvgIpc) is 2.83.